The van der Waals surface area contributed by atoms with E-state index >= 15 is 0 Å². The quantitative estimate of drug-likeness (QED) is 0.338. The SMILES string of the molecule is Cc1ccc([C@@H](NC(=O)CN(c2ccc(C)c(C)c2)S(=O)(=O)c2ccccc2)c2ccccc2)cc1. The van der Waals surface area contributed by atoms with Gasteiger partial charge in [0.25, 0.3) is 10.0 Å². The van der Waals surface area contributed by atoms with Crippen LogP contribution in [0.2, 0.25) is 0 Å². The summed E-state index contributed by atoms with van der Waals surface area (Å²) < 4.78 is 28.5. The minimum atomic E-state index is -3.98. The summed E-state index contributed by atoms with van der Waals surface area (Å²) in [5, 5.41) is 3.07. The van der Waals surface area contributed by atoms with Crippen molar-refractivity contribution in [2.45, 2.75) is 31.7 Å². The highest BCUT2D eigenvalue weighted by Gasteiger charge is 2.28. The fourth-order valence-electron chi connectivity index (χ4n) is 4.02. The lowest BCUT2D eigenvalue weighted by atomic mass is 9.98. The number of amides is 1. The molecule has 0 heterocycles. The van der Waals surface area contributed by atoms with Gasteiger partial charge in [-0.15, -0.1) is 0 Å². The Morgan fingerprint density at radius 2 is 1.33 bits per heavy atom. The highest BCUT2D eigenvalue weighted by atomic mass is 32.2. The zero-order valence-electron chi connectivity index (χ0n) is 20.7. The molecule has 0 aliphatic heterocycles. The molecule has 4 aromatic carbocycles. The normalized spacial score (nSPS) is 12.1. The fourth-order valence-corrected chi connectivity index (χ4v) is 5.45. The summed E-state index contributed by atoms with van der Waals surface area (Å²) in [6, 6.07) is 30.8. The lowest BCUT2D eigenvalue weighted by Gasteiger charge is -2.26. The summed E-state index contributed by atoms with van der Waals surface area (Å²) in [6.45, 7) is 5.55. The van der Waals surface area contributed by atoms with E-state index in [-0.39, 0.29) is 11.4 Å². The first-order valence-corrected chi connectivity index (χ1v) is 13.3. The van der Waals surface area contributed by atoms with Crippen LogP contribution in [0.4, 0.5) is 5.69 Å². The van der Waals surface area contributed by atoms with E-state index in [2.05, 4.69) is 5.32 Å². The van der Waals surface area contributed by atoms with E-state index in [1.807, 2.05) is 81.4 Å². The smallest absolute Gasteiger partial charge is 0.264 e. The molecule has 5 nitrogen and oxygen atoms in total. The monoisotopic (exact) mass is 498 g/mol. The van der Waals surface area contributed by atoms with Gasteiger partial charge in [0.2, 0.25) is 5.91 Å². The summed E-state index contributed by atoms with van der Waals surface area (Å²) in [6.07, 6.45) is 0. The maximum Gasteiger partial charge on any atom is 0.264 e. The summed E-state index contributed by atoms with van der Waals surface area (Å²) >= 11 is 0. The minimum absolute atomic E-state index is 0.133. The van der Waals surface area contributed by atoms with E-state index < -0.39 is 22.0 Å². The number of carbonyl (C=O) groups excluding carboxylic acids is 1. The number of benzene rings is 4. The van der Waals surface area contributed by atoms with Crippen LogP contribution >= 0.6 is 0 Å². The number of rotatable bonds is 8. The van der Waals surface area contributed by atoms with Gasteiger partial charge in [0, 0.05) is 0 Å². The predicted octanol–water partition coefficient (Wildman–Crippen LogP) is 5.71. The van der Waals surface area contributed by atoms with Crippen molar-refractivity contribution >= 4 is 21.6 Å². The van der Waals surface area contributed by atoms with Crippen molar-refractivity contribution in [3.8, 4) is 0 Å². The van der Waals surface area contributed by atoms with E-state index in [0.29, 0.717) is 5.69 Å². The second-order valence-electron chi connectivity index (χ2n) is 8.92. The van der Waals surface area contributed by atoms with Crippen LogP contribution in [-0.2, 0) is 14.8 Å². The molecule has 0 aromatic heterocycles. The van der Waals surface area contributed by atoms with Crippen molar-refractivity contribution in [3.63, 3.8) is 0 Å². The van der Waals surface area contributed by atoms with E-state index in [4.69, 9.17) is 0 Å². The lowest BCUT2D eigenvalue weighted by molar-refractivity contribution is -0.120. The van der Waals surface area contributed by atoms with Crippen LogP contribution in [0.5, 0.6) is 0 Å². The Morgan fingerprint density at radius 3 is 1.94 bits per heavy atom. The number of aryl methyl sites for hydroxylation is 3. The molecular weight excluding hydrogens is 468 g/mol. The molecule has 1 amide bonds. The maximum absolute atomic E-state index is 13.7. The Kier molecular flexibility index (Phi) is 7.55. The topological polar surface area (TPSA) is 66.5 Å². The molecule has 0 aliphatic rings. The van der Waals surface area contributed by atoms with Crippen LogP contribution in [0.3, 0.4) is 0 Å². The predicted molar refractivity (Wildman–Crippen MR) is 144 cm³/mol. The van der Waals surface area contributed by atoms with Crippen LogP contribution in [0, 0.1) is 20.8 Å². The molecule has 4 aromatic rings. The Labute approximate surface area is 213 Å². The highest BCUT2D eigenvalue weighted by molar-refractivity contribution is 7.92. The van der Waals surface area contributed by atoms with Gasteiger partial charge in [0.15, 0.2) is 0 Å². The Balaban J connectivity index is 1.69. The lowest BCUT2D eigenvalue weighted by Crippen LogP contribution is -2.42. The zero-order chi connectivity index (χ0) is 25.7. The molecule has 184 valence electrons. The van der Waals surface area contributed by atoms with Gasteiger partial charge in [-0.3, -0.25) is 9.10 Å². The first kappa shape index (κ1) is 25.2. The third kappa shape index (κ3) is 5.66. The molecule has 36 heavy (non-hydrogen) atoms. The van der Waals surface area contributed by atoms with E-state index in [0.717, 1.165) is 27.8 Å². The van der Waals surface area contributed by atoms with Gasteiger partial charge >= 0.3 is 0 Å². The Morgan fingerprint density at radius 1 is 0.750 bits per heavy atom. The highest BCUT2D eigenvalue weighted by Crippen LogP contribution is 2.27. The second-order valence-corrected chi connectivity index (χ2v) is 10.8. The molecule has 1 atom stereocenters. The molecule has 0 radical (unpaired) electrons. The van der Waals surface area contributed by atoms with E-state index in [1.165, 1.54) is 4.31 Å². The van der Waals surface area contributed by atoms with Crippen LogP contribution in [0.1, 0.15) is 33.9 Å². The molecule has 0 fully saturated rings. The Bertz CT molecular complexity index is 1440. The van der Waals surface area contributed by atoms with Gasteiger partial charge in [-0.2, -0.15) is 0 Å². The van der Waals surface area contributed by atoms with E-state index in [9.17, 15) is 13.2 Å². The number of carbonyl (C=O) groups is 1. The number of anilines is 1. The number of hydrogen-bond acceptors (Lipinski definition) is 3. The molecule has 0 saturated heterocycles. The number of nitrogens with zero attached hydrogens (tertiary/aromatic N) is 1. The number of sulfonamides is 1. The standard InChI is InChI=1S/C30H30N2O3S/c1-22-14-17-26(18-15-22)30(25-10-6-4-7-11-25)31-29(33)21-32(27-19-16-23(2)24(3)20-27)36(34,35)28-12-8-5-9-13-28/h4-20,30H,21H2,1-3H3,(H,31,33)/t30-/m0/s1. The summed E-state index contributed by atoms with van der Waals surface area (Å²) in [5.41, 5.74) is 5.39. The van der Waals surface area contributed by atoms with Gasteiger partial charge in [0.1, 0.15) is 6.54 Å². The molecule has 4 rings (SSSR count). The molecule has 0 spiro atoms. The van der Waals surface area contributed by atoms with E-state index in [1.54, 1.807) is 42.5 Å². The van der Waals surface area contributed by atoms with Gasteiger partial charge in [0.05, 0.1) is 16.6 Å². The molecule has 0 bridgehead atoms. The minimum Gasteiger partial charge on any atom is -0.344 e. The van der Waals surface area contributed by atoms with Gasteiger partial charge in [-0.1, -0.05) is 84.4 Å². The largest absolute Gasteiger partial charge is 0.344 e. The van der Waals surface area contributed by atoms with Gasteiger partial charge in [-0.25, -0.2) is 8.42 Å². The molecule has 0 aliphatic carbocycles. The van der Waals surface area contributed by atoms with Crippen LogP contribution < -0.4 is 9.62 Å². The molecule has 0 unspecified atom stereocenters. The van der Waals surface area contributed by atoms with Crippen LogP contribution in [-0.4, -0.2) is 20.9 Å². The number of nitrogens with one attached hydrogen (secondary N) is 1. The fraction of sp³-hybridized carbons (Fsp3) is 0.167. The third-order valence-corrected chi connectivity index (χ3v) is 8.03. The molecule has 6 heteroatoms. The van der Waals surface area contributed by atoms with Crippen molar-refractivity contribution in [1.82, 2.24) is 5.32 Å². The first-order chi connectivity index (χ1) is 17.3. The van der Waals surface area contributed by atoms with Crippen molar-refractivity contribution in [2.75, 3.05) is 10.8 Å². The van der Waals surface area contributed by atoms with Crippen LogP contribution in [0.25, 0.3) is 0 Å². The summed E-state index contributed by atoms with van der Waals surface area (Å²) in [7, 11) is -3.98. The average Bonchev–Trinajstić information content (AvgIpc) is 2.89. The van der Waals surface area contributed by atoms with Crippen LogP contribution in [0.15, 0.2) is 108 Å². The maximum atomic E-state index is 13.7. The molecular formula is C30H30N2O3S. The summed E-state index contributed by atoms with van der Waals surface area (Å²) in [5.74, 6) is -0.401. The average molecular weight is 499 g/mol. The van der Waals surface area contributed by atoms with Crippen molar-refractivity contribution in [2.24, 2.45) is 0 Å². The van der Waals surface area contributed by atoms with Gasteiger partial charge in [-0.05, 0) is 67.3 Å². The second kappa shape index (κ2) is 10.8. The number of hydrogen-bond donors (Lipinski definition) is 1. The molecule has 0 saturated carbocycles. The molecule has 1 N–H and O–H groups in total. The van der Waals surface area contributed by atoms with Crippen molar-refractivity contribution < 1.29 is 13.2 Å². The van der Waals surface area contributed by atoms with Crippen molar-refractivity contribution in [3.05, 3.63) is 131 Å². The van der Waals surface area contributed by atoms with Gasteiger partial charge < -0.3 is 5.32 Å². The zero-order valence-corrected chi connectivity index (χ0v) is 21.5. The summed E-state index contributed by atoms with van der Waals surface area (Å²) in [4.78, 5) is 13.6. The van der Waals surface area contributed by atoms with Crippen molar-refractivity contribution in [1.29, 1.82) is 0 Å². The Hall–Kier alpha value is -3.90. The third-order valence-electron chi connectivity index (χ3n) is 6.25. The first-order valence-electron chi connectivity index (χ1n) is 11.8.